The molecular weight excluding hydrogens is 322 g/mol. The van der Waals surface area contributed by atoms with Crippen molar-refractivity contribution >= 4 is 23.5 Å². The van der Waals surface area contributed by atoms with Crippen LogP contribution in [0.15, 0.2) is 30.6 Å². The fraction of sp³-hybridized carbons (Fsp3) is 0.471. The lowest BCUT2D eigenvalue weighted by Crippen LogP contribution is -2.32. The standard InChI is InChI=1S/C17H23N5OS/c1-2-24-12-13-5-8-19-16(10-13)20-17(23)15-6-9-22(21-15)14-4-3-7-18-11-14/h5-6,8-10,14,18H,2-4,7,11-12H2,1H3,(H,19,20,23). The van der Waals surface area contributed by atoms with E-state index in [0.29, 0.717) is 17.6 Å². The molecule has 3 rings (SSSR count). The average Bonchev–Trinajstić information content (AvgIpc) is 3.11. The summed E-state index contributed by atoms with van der Waals surface area (Å²) in [5, 5.41) is 10.6. The van der Waals surface area contributed by atoms with E-state index in [2.05, 4.69) is 27.6 Å². The van der Waals surface area contributed by atoms with Gasteiger partial charge in [0.2, 0.25) is 0 Å². The third-order valence-corrected chi connectivity index (χ3v) is 4.97. The number of anilines is 1. The molecule has 1 atom stereocenters. The Balaban J connectivity index is 1.63. The average molecular weight is 345 g/mol. The zero-order chi connectivity index (χ0) is 16.8. The molecule has 0 aliphatic carbocycles. The second-order valence-electron chi connectivity index (χ2n) is 5.82. The number of amides is 1. The topological polar surface area (TPSA) is 71.8 Å². The highest BCUT2D eigenvalue weighted by Gasteiger charge is 2.18. The number of pyridine rings is 1. The largest absolute Gasteiger partial charge is 0.315 e. The van der Waals surface area contributed by atoms with E-state index in [1.165, 1.54) is 0 Å². The lowest BCUT2D eigenvalue weighted by atomic mass is 10.1. The highest BCUT2D eigenvalue weighted by atomic mass is 32.2. The second-order valence-corrected chi connectivity index (χ2v) is 7.10. The fourth-order valence-corrected chi connectivity index (χ4v) is 3.37. The minimum absolute atomic E-state index is 0.217. The van der Waals surface area contributed by atoms with Gasteiger partial charge in [0.1, 0.15) is 5.82 Å². The van der Waals surface area contributed by atoms with Gasteiger partial charge in [0, 0.05) is 24.7 Å². The van der Waals surface area contributed by atoms with Crippen LogP contribution in [-0.4, -0.2) is 39.5 Å². The SMILES string of the molecule is CCSCc1ccnc(NC(=O)c2ccn(C3CCCNC3)n2)c1. The van der Waals surface area contributed by atoms with Gasteiger partial charge in [0.25, 0.3) is 5.91 Å². The molecule has 2 N–H and O–H groups in total. The van der Waals surface area contributed by atoms with Crippen molar-refractivity contribution in [3.63, 3.8) is 0 Å². The van der Waals surface area contributed by atoms with Crippen molar-refractivity contribution in [3.05, 3.63) is 41.9 Å². The van der Waals surface area contributed by atoms with Gasteiger partial charge in [-0.3, -0.25) is 9.48 Å². The Bertz CT molecular complexity index is 681. The normalized spacial score (nSPS) is 17.6. The van der Waals surface area contributed by atoms with Crippen LogP contribution in [0.25, 0.3) is 0 Å². The summed E-state index contributed by atoms with van der Waals surface area (Å²) in [5.74, 6) is 2.34. The minimum atomic E-state index is -0.217. The van der Waals surface area contributed by atoms with E-state index in [0.717, 1.165) is 43.0 Å². The first-order chi connectivity index (χ1) is 11.8. The van der Waals surface area contributed by atoms with Crippen LogP contribution in [0.3, 0.4) is 0 Å². The molecule has 0 bridgehead atoms. The first kappa shape index (κ1) is 17.0. The minimum Gasteiger partial charge on any atom is -0.315 e. The molecule has 0 radical (unpaired) electrons. The second kappa shape index (κ2) is 8.30. The molecule has 24 heavy (non-hydrogen) atoms. The lowest BCUT2D eigenvalue weighted by Gasteiger charge is -2.22. The highest BCUT2D eigenvalue weighted by molar-refractivity contribution is 7.98. The van der Waals surface area contributed by atoms with E-state index in [9.17, 15) is 4.79 Å². The van der Waals surface area contributed by atoms with Crippen LogP contribution in [0, 0.1) is 0 Å². The number of carbonyl (C=O) groups excluding carboxylic acids is 1. The number of hydrogen-bond acceptors (Lipinski definition) is 5. The summed E-state index contributed by atoms with van der Waals surface area (Å²) in [4.78, 5) is 16.6. The smallest absolute Gasteiger partial charge is 0.277 e. The molecule has 3 heterocycles. The molecule has 1 unspecified atom stereocenters. The molecular formula is C17H23N5OS. The number of aromatic nitrogens is 3. The number of carbonyl (C=O) groups is 1. The van der Waals surface area contributed by atoms with E-state index in [4.69, 9.17) is 0 Å². The van der Waals surface area contributed by atoms with E-state index in [1.807, 2.05) is 34.8 Å². The maximum absolute atomic E-state index is 12.4. The maximum Gasteiger partial charge on any atom is 0.277 e. The van der Waals surface area contributed by atoms with Gasteiger partial charge in [-0.1, -0.05) is 6.92 Å². The number of hydrogen-bond donors (Lipinski definition) is 2. The van der Waals surface area contributed by atoms with Gasteiger partial charge in [0.15, 0.2) is 5.69 Å². The maximum atomic E-state index is 12.4. The fourth-order valence-electron chi connectivity index (χ4n) is 2.75. The highest BCUT2D eigenvalue weighted by Crippen LogP contribution is 2.17. The Labute approximate surface area is 146 Å². The van der Waals surface area contributed by atoms with Crippen molar-refractivity contribution < 1.29 is 4.79 Å². The zero-order valence-electron chi connectivity index (χ0n) is 13.9. The molecule has 0 aromatic carbocycles. The van der Waals surface area contributed by atoms with Gasteiger partial charge in [-0.25, -0.2) is 4.98 Å². The molecule has 0 saturated carbocycles. The molecule has 7 heteroatoms. The van der Waals surface area contributed by atoms with E-state index >= 15 is 0 Å². The third-order valence-electron chi connectivity index (χ3n) is 4.02. The summed E-state index contributed by atoms with van der Waals surface area (Å²) < 4.78 is 1.89. The van der Waals surface area contributed by atoms with Gasteiger partial charge in [-0.15, -0.1) is 0 Å². The van der Waals surface area contributed by atoms with E-state index in [1.54, 1.807) is 12.3 Å². The molecule has 2 aromatic rings. The number of nitrogens with zero attached hydrogens (tertiary/aromatic N) is 3. The van der Waals surface area contributed by atoms with Crippen molar-refractivity contribution in [2.45, 2.75) is 31.6 Å². The number of piperidine rings is 1. The molecule has 1 aliphatic rings. The Hall–Kier alpha value is -1.86. The van der Waals surface area contributed by atoms with Crippen molar-refractivity contribution in [3.8, 4) is 0 Å². The van der Waals surface area contributed by atoms with Crippen molar-refractivity contribution in [2.24, 2.45) is 0 Å². The number of rotatable bonds is 6. The monoisotopic (exact) mass is 345 g/mol. The predicted octanol–water partition coefficient (Wildman–Crippen LogP) is 2.71. The molecule has 128 valence electrons. The summed E-state index contributed by atoms with van der Waals surface area (Å²) in [6, 6.07) is 5.99. The van der Waals surface area contributed by atoms with Gasteiger partial charge in [-0.2, -0.15) is 16.9 Å². The van der Waals surface area contributed by atoms with Crippen LogP contribution in [0.2, 0.25) is 0 Å². The summed E-state index contributed by atoms with van der Waals surface area (Å²) in [5.41, 5.74) is 1.58. The van der Waals surface area contributed by atoms with Crippen LogP contribution >= 0.6 is 11.8 Å². The lowest BCUT2D eigenvalue weighted by molar-refractivity contribution is 0.102. The first-order valence-electron chi connectivity index (χ1n) is 8.36. The molecule has 0 spiro atoms. The molecule has 1 saturated heterocycles. The zero-order valence-corrected chi connectivity index (χ0v) is 14.7. The number of nitrogens with one attached hydrogen (secondary N) is 2. The van der Waals surface area contributed by atoms with Crippen LogP contribution in [-0.2, 0) is 5.75 Å². The summed E-state index contributed by atoms with van der Waals surface area (Å²) in [6.07, 6.45) is 5.84. The number of thioether (sulfide) groups is 1. The van der Waals surface area contributed by atoms with E-state index < -0.39 is 0 Å². The predicted molar refractivity (Wildman–Crippen MR) is 97.4 cm³/mol. The molecule has 1 aliphatic heterocycles. The van der Waals surface area contributed by atoms with Gasteiger partial charge < -0.3 is 10.6 Å². The van der Waals surface area contributed by atoms with Crippen molar-refractivity contribution in [1.82, 2.24) is 20.1 Å². The van der Waals surface area contributed by atoms with Gasteiger partial charge in [-0.05, 0) is 48.9 Å². The molecule has 2 aromatic heterocycles. The first-order valence-corrected chi connectivity index (χ1v) is 9.51. The van der Waals surface area contributed by atoms with Crippen LogP contribution < -0.4 is 10.6 Å². The Morgan fingerprint density at radius 3 is 3.21 bits per heavy atom. The van der Waals surface area contributed by atoms with Crippen molar-refractivity contribution in [2.75, 3.05) is 24.2 Å². The third kappa shape index (κ3) is 4.36. The van der Waals surface area contributed by atoms with Crippen LogP contribution in [0.5, 0.6) is 0 Å². The molecule has 6 nitrogen and oxygen atoms in total. The van der Waals surface area contributed by atoms with E-state index in [-0.39, 0.29) is 5.91 Å². The summed E-state index contributed by atoms with van der Waals surface area (Å²) in [7, 11) is 0. The summed E-state index contributed by atoms with van der Waals surface area (Å²) in [6.45, 7) is 4.09. The quantitative estimate of drug-likeness (QED) is 0.842. The Kier molecular flexibility index (Phi) is 5.87. The molecule has 1 amide bonds. The van der Waals surface area contributed by atoms with Crippen LogP contribution in [0.1, 0.15) is 41.9 Å². The summed E-state index contributed by atoms with van der Waals surface area (Å²) >= 11 is 1.84. The van der Waals surface area contributed by atoms with Crippen LogP contribution in [0.4, 0.5) is 5.82 Å². The Morgan fingerprint density at radius 1 is 1.50 bits per heavy atom. The molecule has 1 fully saturated rings. The van der Waals surface area contributed by atoms with Gasteiger partial charge in [0.05, 0.1) is 6.04 Å². The van der Waals surface area contributed by atoms with Crippen molar-refractivity contribution in [1.29, 1.82) is 0 Å². The van der Waals surface area contributed by atoms with Gasteiger partial charge >= 0.3 is 0 Å². The Morgan fingerprint density at radius 2 is 2.42 bits per heavy atom.